The molecule has 132 valence electrons. The minimum Gasteiger partial charge on any atom is -0.494 e. The Bertz CT molecular complexity index is 754. The molecule has 0 radical (unpaired) electrons. The predicted molar refractivity (Wildman–Crippen MR) is 101 cm³/mol. The van der Waals surface area contributed by atoms with Crippen molar-refractivity contribution in [2.24, 2.45) is 12.5 Å². The second-order valence-electron chi connectivity index (χ2n) is 6.80. The highest BCUT2D eigenvalue weighted by atomic mass is 32.2. The van der Waals surface area contributed by atoms with Crippen molar-refractivity contribution >= 4 is 17.5 Å². The van der Waals surface area contributed by atoms with Gasteiger partial charge in [-0.2, -0.15) is 0 Å². The zero-order valence-electron chi connectivity index (χ0n) is 14.8. The fourth-order valence-corrected chi connectivity index (χ4v) is 4.08. The molecule has 1 aromatic carbocycles. The maximum atomic E-state index is 12.4. The van der Waals surface area contributed by atoms with Crippen LogP contribution in [0.25, 0.3) is 0 Å². The van der Waals surface area contributed by atoms with Gasteiger partial charge in [0.25, 0.3) is 0 Å². The number of ether oxygens (including phenoxy) is 1. The first-order valence-electron chi connectivity index (χ1n) is 8.65. The van der Waals surface area contributed by atoms with Crippen LogP contribution in [0.5, 0.6) is 5.75 Å². The summed E-state index contributed by atoms with van der Waals surface area (Å²) < 4.78 is 7.67. The molecule has 0 amide bonds. The van der Waals surface area contributed by atoms with Crippen molar-refractivity contribution in [2.75, 3.05) is 6.61 Å². The standard InChI is InChI=1S/C20H24N2O2S/c1-20(10-6-7-13-24-16-8-4-3-5-9-16)14-17(23)18(15-20)25-19-21-11-12-22(19)2/h3-5,8-9,11-12,15H,6-7,10,13-14H2,1-2H3. The van der Waals surface area contributed by atoms with Crippen LogP contribution >= 0.6 is 11.8 Å². The number of benzene rings is 1. The molecule has 25 heavy (non-hydrogen) atoms. The summed E-state index contributed by atoms with van der Waals surface area (Å²) in [7, 11) is 1.95. The molecule has 3 rings (SSSR count). The number of aryl methyl sites for hydroxylation is 1. The molecule has 1 heterocycles. The Kier molecular flexibility index (Phi) is 5.63. The van der Waals surface area contributed by atoms with Gasteiger partial charge in [-0.25, -0.2) is 4.98 Å². The molecule has 1 aliphatic carbocycles. The van der Waals surface area contributed by atoms with E-state index in [0.29, 0.717) is 13.0 Å². The number of imidazole rings is 1. The Balaban J connectivity index is 1.47. The van der Waals surface area contributed by atoms with Gasteiger partial charge >= 0.3 is 0 Å². The van der Waals surface area contributed by atoms with Gasteiger partial charge in [-0.15, -0.1) is 0 Å². The first-order chi connectivity index (χ1) is 12.1. The number of ketones is 1. The topological polar surface area (TPSA) is 44.1 Å². The minimum absolute atomic E-state index is 0.0443. The van der Waals surface area contributed by atoms with E-state index in [9.17, 15) is 4.79 Å². The number of carbonyl (C=O) groups excluding carboxylic acids is 1. The average Bonchev–Trinajstić information content (AvgIpc) is 3.12. The number of carbonyl (C=O) groups is 1. The summed E-state index contributed by atoms with van der Waals surface area (Å²) in [5, 5.41) is 0.861. The van der Waals surface area contributed by atoms with Crippen molar-refractivity contribution < 1.29 is 9.53 Å². The summed E-state index contributed by atoms with van der Waals surface area (Å²) in [6, 6.07) is 9.89. The van der Waals surface area contributed by atoms with Gasteiger partial charge in [0.15, 0.2) is 10.9 Å². The third kappa shape index (κ3) is 4.75. The molecule has 0 spiro atoms. The normalized spacial score (nSPS) is 19.9. The molecule has 0 aliphatic heterocycles. The van der Waals surface area contributed by atoms with E-state index in [0.717, 1.165) is 35.1 Å². The summed E-state index contributed by atoms with van der Waals surface area (Å²) in [6.45, 7) is 2.89. The number of nitrogens with zero attached hydrogens (tertiary/aromatic N) is 2. The van der Waals surface area contributed by atoms with E-state index in [-0.39, 0.29) is 11.2 Å². The predicted octanol–water partition coefficient (Wildman–Crippen LogP) is 4.62. The minimum atomic E-state index is -0.0443. The molecule has 4 nitrogen and oxygen atoms in total. The molecule has 0 N–H and O–H groups in total. The lowest BCUT2D eigenvalue weighted by molar-refractivity contribution is -0.115. The molecular weight excluding hydrogens is 332 g/mol. The van der Waals surface area contributed by atoms with Gasteiger partial charge in [0.1, 0.15) is 5.75 Å². The summed E-state index contributed by atoms with van der Waals surface area (Å²) in [5.74, 6) is 1.15. The van der Waals surface area contributed by atoms with E-state index in [1.807, 2.05) is 48.1 Å². The maximum absolute atomic E-state index is 12.4. The van der Waals surface area contributed by atoms with Crippen molar-refractivity contribution in [3.63, 3.8) is 0 Å². The zero-order chi connectivity index (χ0) is 17.7. The second-order valence-corrected chi connectivity index (χ2v) is 7.81. The van der Waals surface area contributed by atoms with E-state index in [1.54, 1.807) is 6.20 Å². The summed E-state index contributed by atoms with van der Waals surface area (Å²) >= 11 is 1.47. The quantitative estimate of drug-likeness (QED) is 0.647. The van der Waals surface area contributed by atoms with E-state index in [4.69, 9.17) is 4.74 Å². The molecule has 1 atom stereocenters. The van der Waals surface area contributed by atoms with Crippen LogP contribution in [-0.2, 0) is 11.8 Å². The monoisotopic (exact) mass is 356 g/mol. The van der Waals surface area contributed by atoms with Crippen LogP contribution in [0.2, 0.25) is 0 Å². The number of allylic oxidation sites excluding steroid dienone is 2. The number of rotatable bonds is 8. The van der Waals surface area contributed by atoms with E-state index in [2.05, 4.69) is 18.0 Å². The third-order valence-electron chi connectivity index (χ3n) is 4.45. The number of Topliss-reactive ketones (excluding diaryl/α,β-unsaturated/α-hetero) is 1. The highest BCUT2D eigenvalue weighted by Crippen LogP contribution is 2.43. The highest BCUT2D eigenvalue weighted by Gasteiger charge is 2.34. The summed E-state index contributed by atoms with van der Waals surface area (Å²) in [5.41, 5.74) is -0.0443. The maximum Gasteiger partial charge on any atom is 0.172 e. The van der Waals surface area contributed by atoms with Gasteiger partial charge in [0.05, 0.1) is 11.5 Å². The largest absolute Gasteiger partial charge is 0.494 e. The number of hydrogen-bond acceptors (Lipinski definition) is 4. The van der Waals surface area contributed by atoms with Crippen molar-refractivity contribution in [1.29, 1.82) is 0 Å². The fourth-order valence-electron chi connectivity index (χ4n) is 3.04. The van der Waals surface area contributed by atoms with Crippen molar-refractivity contribution in [3.05, 3.63) is 53.7 Å². The molecule has 1 unspecified atom stereocenters. The van der Waals surface area contributed by atoms with Gasteiger partial charge in [-0.05, 0) is 48.6 Å². The molecule has 0 saturated heterocycles. The Morgan fingerprint density at radius 3 is 2.80 bits per heavy atom. The average molecular weight is 356 g/mol. The Morgan fingerprint density at radius 2 is 2.08 bits per heavy atom. The van der Waals surface area contributed by atoms with Crippen molar-refractivity contribution in [3.8, 4) is 5.75 Å². The fraction of sp³-hybridized carbons (Fsp3) is 0.400. The SMILES string of the molecule is Cn1ccnc1SC1=CC(C)(CCCCOc2ccccc2)CC1=O. The van der Waals surface area contributed by atoms with E-state index in [1.165, 1.54) is 11.8 Å². The first kappa shape index (κ1) is 17.8. The van der Waals surface area contributed by atoms with Crippen LogP contribution in [0.1, 0.15) is 32.6 Å². The van der Waals surface area contributed by atoms with Crippen molar-refractivity contribution in [2.45, 2.75) is 37.8 Å². The highest BCUT2D eigenvalue weighted by molar-refractivity contribution is 8.03. The molecule has 2 aromatic rings. The Morgan fingerprint density at radius 1 is 1.28 bits per heavy atom. The van der Waals surface area contributed by atoms with Gasteiger partial charge in [0.2, 0.25) is 0 Å². The lowest BCUT2D eigenvalue weighted by atomic mass is 9.84. The van der Waals surface area contributed by atoms with Gasteiger partial charge < -0.3 is 9.30 Å². The van der Waals surface area contributed by atoms with Gasteiger partial charge in [0, 0.05) is 25.9 Å². The number of para-hydroxylation sites is 1. The molecular formula is C20H24N2O2S. The lowest BCUT2D eigenvalue weighted by Crippen LogP contribution is -2.12. The van der Waals surface area contributed by atoms with E-state index >= 15 is 0 Å². The molecule has 1 aromatic heterocycles. The second kappa shape index (κ2) is 7.91. The van der Waals surface area contributed by atoms with Crippen LogP contribution < -0.4 is 4.74 Å². The summed E-state index contributed by atoms with van der Waals surface area (Å²) in [4.78, 5) is 17.5. The van der Waals surface area contributed by atoms with Gasteiger partial charge in [-0.3, -0.25) is 4.79 Å². The first-order valence-corrected chi connectivity index (χ1v) is 9.46. The van der Waals surface area contributed by atoms with Crippen LogP contribution in [-0.4, -0.2) is 21.9 Å². The smallest absolute Gasteiger partial charge is 0.172 e. The summed E-state index contributed by atoms with van der Waals surface area (Å²) in [6.07, 6.45) is 9.44. The zero-order valence-corrected chi connectivity index (χ0v) is 15.6. The van der Waals surface area contributed by atoms with Crippen LogP contribution in [0.15, 0.2) is 58.9 Å². The van der Waals surface area contributed by atoms with Gasteiger partial charge in [-0.1, -0.05) is 31.2 Å². The van der Waals surface area contributed by atoms with Crippen LogP contribution in [0, 0.1) is 5.41 Å². The molecule has 0 saturated carbocycles. The van der Waals surface area contributed by atoms with Crippen molar-refractivity contribution in [1.82, 2.24) is 9.55 Å². The molecule has 0 bridgehead atoms. The molecule has 1 aliphatic rings. The molecule has 5 heteroatoms. The number of aromatic nitrogens is 2. The lowest BCUT2D eigenvalue weighted by Gasteiger charge is -2.20. The Labute approximate surface area is 153 Å². The number of hydrogen-bond donors (Lipinski definition) is 0. The van der Waals surface area contributed by atoms with Crippen LogP contribution in [0.3, 0.4) is 0 Å². The Hall–Kier alpha value is -2.01. The van der Waals surface area contributed by atoms with E-state index < -0.39 is 0 Å². The molecule has 0 fully saturated rings. The number of thioether (sulfide) groups is 1. The third-order valence-corrected chi connectivity index (χ3v) is 5.59. The number of unbranched alkanes of at least 4 members (excludes halogenated alkanes) is 1. The van der Waals surface area contributed by atoms with Crippen LogP contribution in [0.4, 0.5) is 0 Å².